The fraction of sp³-hybridized carbons (Fsp3) is 0.611. The molecule has 2 nitrogen and oxygen atoms in total. The summed E-state index contributed by atoms with van der Waals surface area (Å²) >= 11 is 1.85. The summed E-state index contributed by atoms with van der Waals surface area (Å²) in [5.41, 5.74) is 4.53. The van der Waals surface area contributed by atoms with Crippen molar-refractivity contribution in [3.8, 4) is 0 Å². The molecule has 0 spiro atoms. The van der Waals surface area contributed by atoms with E-state index < -0.39 is 0 Å². The Kier molecular flexibility index (Phi) is 5.74. The van der Waals surface area contributed by atoms with Gasteiger partial charge in [0.25, 0.3) is 0 Å². The van der Waals surface area contributed by atoms with Crippen LogP contribution in [0.2, 0.25) is 0 Å². The Bertz CT molecular complexity index is 483. The van der Waals surface area contributed by atoms with Crippen LogP contribution >= 0.6 is 11.8 Å². The van der Waals surface area contributed by atoms with E-state index in [-0.39, 0.29) is 11.2 Å². The monoisotopic (exact) mass is 305 g/mol. The minimum Gasteiger partial charge on any atom is -0.325 e. The Hall–Kier alpha value is -0.960. The molecule has 1 aromatic rings. The van der Waals surface area contributed by atoms with Gasteiger partial charge >= 0.3 is 0 Å². The van der Waals surface area contributed by atoms with Gasteiger partial charge in [-0.25, -0.2) is 0 Å². The summed E-state index contributed by atoms with van der Waals surface area (Å²) in [4.78, 5) is 12.4. The minimum absolute atomic E-state index is 0.0215. The molecule has 1 aliphatic rings. The number of anilines is 1. The van der Waals surface area contributed by atoms with Crippen molar-refractivity contribution in [1.29, 1.82) is 0 Å². The molecule has 1 aromatic carbocycles. The predicted octanol–water partition coefficient (Wildman–Crippen LogP) is 5.00. The fourth-order valence-electron chi connectivity index (χ4n) is 3.15. The van der Waals surface area contributed by atoms with Crippen LogP contribution in [0, 0.1) is 20.8 Å². The SMILES string of the molecule is Cc1cc(C)c(NC(=O)C(C)SC2CCCCC2)c(C)c1. The zero-order valence-electron chi connectivity index (χ0n) is 13.7. The summed E-state index contributed by atoms with van der Waals surface area (Å²) in [5.74, 6) is 0.139. The average molecular weight is 305 g/mol. The number of rotatable bonds is 4. The maximum absolute atomic E-state index is 12.4. The van der Waals surface area contributed by atoms with Crippen molar-refractivity contribution in [3.63, 3.8) is 0 Å². The molecule has 1 atom stereocenters. The van der Waals surface area contributed by atoms with Gasteiger partial charge in [-0.15, -0.1) is 11.8 Å². The molecular formula is C18H27NOS. The molecule has 1 amide bonds. The fourth-order valence-corrected chi connectivity index (χ4v) is 4.52. The van der Waals surface area contributed by atoms with E-state index in [1.807, 2.05) is 18.7 Å². The van der Waals surface area contributed by atoms with Gasteiger partial charge in [0.05, 0.1) is 5.25 Å². The Morgan fingerprint density at radius 1 is 1.14 bits per heavy atom. The first kappa shape index (κ1) is 16.4. The Labute approximate surface area is 133 Å². The van der Waals surface area contributed by atoms with Gasteiger partial charge < -0.3 is 5.32 Å². The lowest BCUT2D eigenvalue weighted by Gasteiger charge is -2.24. The largest absolute Gasteiger partial charge is 0.325 e. The second kappa shape index (κ2) is 7.35. The number of hydrogen-bond donors (Lipinski definition) is 1. The van der Waals surface area contributed by atoms with Crippen LogP contribution < -0.4 is 5.32 Å². The molecule has 0 radical (unpaired) electrons. The minimum atomic E-state index is 0.0215. The van der Waals surface area contributed by atoms with Crippen LogP contribution in [0.1, 0.15) is 55.7 Å². The number of carbonyl (C=O) groups excluding carboxylic acids is 1. The van der Waals surface area contributed by atoms with Gasteiger partial charge in [0.15, 0.2) is 0 Å². The lowest BCUT2D eigenvalue weighted by molar-refractivity contribution is -0.115. The quantitative estimate of drug-likeness (QED) is 0.847. The summed E-state index contributed by atoms with van der Waals surface area (Å²) in [6, 6.07) is 4.25. The third-order valence-electron chi connectivity index (χ3n) is 4.24. The van der Waals surface area contributed by atoms with Crippen LogP contribution in [-0.4, -0.2) is 16.4 Å². The maximum Gasteiger partial charge on any atom is 0.237 e. The molecule has 3 heteroatoms. The molecule has 2 rings (SSSR count). The van der Waals surface area contributed by atoms with Gasteiger partial charge in [0.1, 0.15) is 0 Å². The molecule has 1 unspecified atom stereocenters. The Balaban J connectivity index is 1.97. The number of carbonyl (C=O) groups is 1. The van der Waals surface area contributed by atoms with E-state index in [1.54, 1.807) is 0 Å². The topological polar surface area (TPSA) is 29.1 Å². The molecule has 1 fully saturated rings. The third kappa shape index (κ3) is 4.50. The van der Waals surface area contributed by atoms with Crippen LogP contribution in [0.4, 0.5) is 5.69 Å². The molecular weight excluding hydrogens is 278 g/mol. The molecule has 116 valence electrons. The lowest BCUT2D eigenvalue weighted by Crippen LogP contribution is -2.26. The van der Waals surface area contributed by atoms with Crippen molar-refractivity contribution in [2.45, 2.75) is 70.3 Å². The van der Waals surface area contributed by atoms with E-state index in [0.29, 0.717) is 5.25 Å². The van der Waals surface area contributed by atoms with Crippen molar-refractivity contribution < 1.29 is 4.79 Å². The highest BCUT2D eigenvalue weighted by atomic mass is 32.2. The number of hydrogen-bond acceptors (Lipinski definition) is 2. The highest BCUT2D eigenvalue weighted by molar-refractivity contribution is 8.01. The number of benzene rings is 1. The third-order valence-corrected chi connectivity index (χ3v) is 5.72. The Morgan fingerprint density at radius 2 is 1.71 bits per heavy atom. The van der Waals surface area contributed by atoms with Gasteiger partial charge in [0.2, 0.25) is 5.91 Å². The van der Waals surface area contributed by atoms with Crippen LogP contribution in [0.5, 0.6) is 0 Å². The van der Waals surface area contributed by atoms with Gasteiger partial charge in [-0.05, 0) is 51.7 Å². The molecule has 21 heavy (non-hydrogen) atoms. The summed E-state index contributed by atoms with van der Waals surface area (Å²) in [7, 11) is 0. The second-order valence-corrected chi connectivity index (χ2v) is 7.95. The van der Waals surface area contributed by atoms with Gasteiger partial charge in [-0.1, -0.05) is 37.0 Å². The zero-order valence-corrected chi connectivity index (χ0v) is 14.5. The summed E-state index contributed by atoms with van der Waals surface area (Å²) in [6.07, 6.45) is 6.54. The van der Waals surface area contributed by atoms with Crippen LogP contribution in [0.25, 0.3) is 0 Å². The molecule has 1 N–H and O–H groups in total. The highest BCUT2D eigenvalue weighted by Gasteiger charge is 2.22. The zero-order chi connectivity index (χ0) is 15.4. The van der Waals surface area contributed by atoms with Crippen LogP contribution in [0.3, 0.4) is 0 Å². The first-order valence-corrected chi connectivity index (χ1v) is 8.96. The molecule has 1 saturated carbocycles. The summed E-state index contributed by atoms with van der Waals surface area (Å²) in [5, 5.41) is 3.82. The van der Waals surface area contributed by atoms with Crippen molar-refractivity contribution in [3.05, 3.63) is 28.8 Å². The van der Waals surface area contributed by atoms with Crippen LogP contribution in [0.15, 0.2) is 12.1 Å². The molecule has 0 heterocycles. The van der Waals surface area contributed by atoms with Crippen molar-refractivity contribution in [1.82, 2.24) is 0 Å². The van der Waals surface area contributed by atoms with Crippen LogP contribution in [-0.2, 0) is 4.79 Å². The molecule has 0 aromatic heterocycles. The van der Waals surface area contributed by atoms with E-state index in [9.17, 15) is 4.79 Å². The maximum atomic E-state index is 12.4. The van der Waals surface area contributed by atoms with Crippen molar-refractivity contribution >= 4 is 23.4 Å². The van der Waals surface area contributed by atoms with Gasteiger partial charge in [0, 0.05) is 10.9 Å². The molecule has 0 saturated heterocycles. The number of amides is 1. The van der Waals surface area contributed by atoms with Crippen molar-refractivity contribution in [2.75, 3.05) is 5.32 Å². The van der Waals surface area contributed by atoms with E-state index in [2.05, 4.69) is 38.2 Å². The van der Waals surface area contributed by atoms with E-state index in [0.717, 1.165) is 16.8 Å². The number of thioether (sulfide) groups is 1. The smallest absolute Gasteiger partial charge is 0.237 e. The van der Waals surface area contributed by atoms with E-state index in [1.165, 1.54) is 37.7 Å². The second-order valence-electron chi connectivity index (χ2n) is 6.30. The number of nitrogens with one attached hydrogen (secondary N) is 1. The average Bonchev–Trinajstić information content (AvgIpc) is 2.43. The van der Waals surface area contributed by atoms with Gasteiger partial charge in [-0.3, -0.25) is 4.79 Å². The first-order valence-electron chi connectivity index (χ1n) is 8.01. The molecule has 0 bridgehead atoms. The van der Waals surface area contributed by atoms with E-state index >= 15 is 0 Å². The van der Waals surface area contributed by atoms with E-state index in [4.69, 9.17) is 0 Å². The molecule has 1 aliphatic carbocycles. The predicted molar refractivity (Wildman–Crippen MR) is 93.2 cm³/mol. The standard InChI is InChI=1S/C18H27NOS/c1-12-10-13(2)17(14(3)11-12)19-18(20)15(4)21-16-8-6-5-7-9-16/h10-11,15-16H,5-9H2,1-4H3,(H,19,20). The van der Waals surface area contributed by atoms with Crippen molar-refractivity contribution in [2.24, 2.45) is 0 Å². The summed E-state index contributed by atoms with van der Waals surface area (Å²) in [6.45, 7) is 8.25. The Morgan fingerprint density at radius 3 is 2.29 bits per heavy atom. The summed E-state index contributed by atoms with van der Waals surface area (Å²) < 4.78 is 0. The first-order chi connectivity index (χ1) is 9.97. The number of aryl methyl sites for hydroxylation is 3. The molecule has 0 aliphatic heterocycles. The lowest BCUT2D eigenvalue weighted by atomic mass is 10.0. The normalized spacial score (nSPS) is 17.5. The highest BCUT2D eigenvalue weighted by Crippen LogP contribution is 2.32. The van der Waals surface area contributed by atoms with Gasteiger partial charge in [-0.2, -0.15) is 0 Å².